The Morgan fingerprint density at radius 1 is 1.00 bits per heavy atom. The Morgan fingerprint density at radius 2 is 1.71 bits per heavy atom. The minimum atomic E-state index is -0.554. The fourth-order valence-corrected chi connectivity index (χ4v) is 3.63. The van der Waals surface area contributed by atoms with Crippen molar-refractivity contribution in [3.63, 3.8) is 0 Å². The number of rotatable bonds is 10. The van der Waals surface area contributed by atoms with Crippen molar-refractivity contribution in [2.75, 3.05) is 19.5 Å². The summed E-state index contributed by atoms with van der Waals surface area (Å²) in [6, 6.07) is 17.6. The van der Waals surface area contributed by atoms with Crippen LogP contribution in [0.1, 0.15) is 17.5 Å². The molecule has 2 N–H and O–H groups in total. The average Bonchev–Trinajstić information content (AvgIpc) is 2.84. The van der Waals surface area contributed by atoms with Crippen molar-refractivity contribution >= 4 is 51.2 Å². The van der Waals surface area contributed by atoms with E-state index in [-0.39, 0.29) is 6.42 Å². The van der Waals surface area contributed by atoms with Gasteiger partial charge in [0, 0.05) is 10.7 Å². The molecule has 0 saturated heterocycles. The number of ether oxygens (including phenoxy) is 3. The Morgan fingerprint density at radius 3 is 2.37 bits per heavy atom. The van der Waals surface area contributed by atoms with Gasteiger partial charge in [-0.3, -0.25) is 9.59 Å². The molecule has 0 fully saturated rings. The molecule has 0 aliphatic rings. The first-order valence-corrected chi connectivity index (χ1v) is 11.6. The predicted octanol–water partition coefficient (Wildman–Crippen LogP) is 5.18. The van der Waals surface area contributed by atoms with Crippen molar-refractivity contribution in [1.29, 1.82) is 0 Å². The molecule has 10 heteroatoms. The summed E-state index contributed by atoms with van der Waals surface area (Å²) in [6.07, 6.45) is 1.06. The van der Waals surface area contributed by atoms with Crippen LogP contribution in [0.4, 0.5) is 5.69 Å². The maximum Gasteiger partial charge on any atom is 0.249 e. The summed E-state index contributed by atoms with van der Waals surface area (Å²) in [4.78, 5) is 24.1. The van der Waals surface area contributed by atoms with Crippen LogP contribution in [0.25, 0.3) is 0 Å². The second-order valence-electron chi connectivity index (χ2n) is 7.20. The Kier molecular flexibility index (Phi) is 9.51. The molecule has 182 valence electrons. The van der Waals surface area contributed by atoms with Crippen LogP contribution >= 0.6 is 27.5 Å². The summed E-state index contributed by atoms with van der Waals surface area (Å²) in [5.41, 5.74) is 4.50. The van der Waals surface area contributed by atoms with Gasteiger partial charge >= 0.3 is 0 Å². The van der Waals surface area contributed by atoms with Crippen molar-refractivity contribution in [2.45, 2.75) is 13.0 Å². The van der Waals surface area contributed by atoms with E-state index < -0.39 is 11.8 Å². The number of benzene rings is 3. The Hall–Kier alpha value is -3.56. The summed E-state index contributed by atoms with van der Waals surface area (Å²) in [5.74, 6) is 0.661. The summed E-state index contributed by atoms with van der Waals surface area (Å²) >= 11 is 9.40. The van der Waals surface area contributed by atoms with E-state index in [0.717, 1.165) is 5.56 Å². The zero-order chi connectivity index (χ0) is 25.2. The average molecular weight is 561 g/mol. The van der Waals surface area contributed by atoms with E-state index in [1.165, 1.54) is 13.3 Å². The van der Waals surface area contributed by atoms with Crippen LogP contribution in [0.3, 0.4) is 0 Å². The summed E-state index contributed by atoms with van der Waals surface area (Å²) in [6.45, 7) is 0.328. The third-order valence-electron chi connectivity index (χ3n) is 4.65. The Bertz CT molecular complexity index is 1200. The molecule has 0 aliphatic carbocycles. The summed E-state index contributed by atoms with van der Waals surface area (Å²) < 4.78 is 17.1. The fourth-order valence-electron chi connectivity index (χ4n) is 2.93. The van der Waals surface area contributed by atoms with Gasteiger partial charge < -0.3 is 19.5 Å². The lowest BCUT2D eigenvalue weighted by atomic mass is 10.2. The second kappa shape index (κ2) is 12.8. The number of amides is 2. The highest BCUT2D eigenvalue weighted by Crippen LogP contribution is 2.37. The van der Waals surface area contributed by atoms with E-state index in [4.69, 9.17) is 25.8 Å². The number of nitrogens with one attached hydrogen (secondary N) is 2. The third-order valence-corrected chi connectivity index (χ3v) is 5.49. The van der Waals surface area contributed by atoms with Crippen molar-refractivity contribution in [1.82, 2.24) is 5.43 Å². The molecule has 0 unspecified atom stereocenters. The smallest absolute Gasteiger partial charge is 0.249 e. The number of anilines is 1. The Balaban J connectivity index is 1.54. The quantitative estimate of drug-likeness (QED) is 0.202. The monoisotopic (exact) mass is 559 g/mol. The molecule has 35 heavy (non-hydrogen) atoms. The van der Waals surface area contributed by atoms with Gasteiger partial charge in [0.2, 0.25) is 11.8 Å². The van der Waals surface area contributed by atoms with Gasteiger partial charge in [0.1, 0.15) is 18.8 Å². The maximum absolute atomic E-state index is 12.1. The molecule has 0 bridgehead atoms. The molecule has 0 atom stereocenters. The van der Waals surface area contributed by atoms with Gasteiger partial charge in [-0.1, -0.05) is 23.7 Å². The molecule has 3 rings (SSSR count). The molecule has 8 nitrogen and oxygen atoms in total. The normalized spacial score (nSPS) is 10.6. The lowest BCUT2D eigenvalue weighted by Crippen LogP contribution is -2.24. The molecule has 0 aromatic heterocycles. The van der Waals surface area contributed by atoms with E-state index in [0.29, 0.717) is 44.6 Å². The second-order valence-corrected chi connectivity index (χ2v) is 8.49. The van der Waals surface area contributed by atoms with E-state index >= 15 is 0 Å². The lowest BCUT2D eigenvalue weighted by Gasteiger charge is -2.13. The third kappa shape index (κ3) is 8.01. The summed E-state index contributed by atoms with van der Waals surface area (Å²) in [7, 11) is 3.08. The van der Waals surface area contributed by atoms with Gasteiger partial charge in [-0.15, -0.1) is 0 Å². The number of nitrogens with zero attached hydrogens (tertiary/aromatic N) is 1. The number of hydrogen-bond acceptors (Lipinski definition) is 6. The largest absolute Gasteiger partial charge is 0.497 e. The topological polar surface area (TPSA) is 98.2 Å². The van der Waals surface area contributed by atoms with Gasteiger partial charge in [-0.25, -0.2) is 5.43 Å². The van der Waals surface area contributed by atoms with Crippen LogP contribution in [0, 0.1) is 0 Å². The molecule has 2 amide bonds. The number of hydrazone groups is 1. The van der Waals surface area contributed by atoms with Crippen LogP contribution in [-0.4, -0.2) is 32.2 Å². The molecular formula is C25H23BrClN3O5. The maximum atomic E-state index is 12.1. The molecule has 3 aromatic rings. The number of halogens is 2. The van der Waals surface area contributed by atoms with Crippen molar-refractivity contribution in [3.8, 4) is 17.2 Å². The summed E-state index contributed by atoms with van der Waals surface area (Å²) in [5, 5.41) is 7.21. The molecule has 0 radical (unpaired) electrons. The molecular weight excluding hydrogens is 538 g/mol. The van der Waals surface area contributed by atoms with Crippen molar-refractivity contribution in [3.05, 3.63) is 81.3 Å². The lowest BCUT2D eigenvalue weighted by molar-refractivity contribution is -0.126. The molecule has 0 heterocycles. The van der Waals surface area contributed by atoms with Gasteiger partial charge in [-0.05, 0) is 75.6 Å². The zero-order valence-corrected chi connectivity index (χ0v) is 21.4. The SMILES string of the molecule is COc1ccc(NC(=O)CC(=O)NN=Cc2cc(Br)c(OCc3ccc(Cl)cc3)c(OC)c2)cc1. The van der Waals surface area contributed by atoms with Crippen LogP contribution in [0.5, 0.6) is 17.2 Å². The highest BCUT2D eigenvalue weighted by molar-refractivity contribution is 9.10. The van der Waals surface area contributed by atoms with Crippen molar-refractivity contribution in [2.24, 2.45) is 5.10 Å². The minimum Gasteiger partial charge on any atom is -0.497 e. The zero-order valence-electron chi connectivity index (χ0n) is 19.0. The molecule has 3 aromatic carbocycles. The van der Waals surface area contributed by atoms with Gasteiger partial charge in [0.25, 0.3) is 0 Å². The standard InChI is InChI=1S/C25H23BrClN3O5/c1-33-20-9-7-19(8-10-20)29-23(31)13-24(32)30-28-14-17-11-21(26)25(22(12-17)34-2)35-15-16-3-5-18(27)6-4-16/h3-12,14H,13,15H2,1-2H3,(H,29,31)(H,30,32). The van der Waals surface area contributed by atoms with Crippen LogP contribution in [-0.2, 0) is 16.2 Å². The van der Waals surface area contributed by atoms with Gasteiger partial charge in [-0.2, -0.15) is 5.10 Å². The Labute approximate surface area is 216 Å². The van der Waals surface area contributed by atoms with E-state index in [1.54, 1.807) is 55.6 Å². The van der Waals surface area contributed by atoms with Crippen LogP contribution < -0.4 is 25.0 Å². The molecule has 0 saturated carbocycles. The number of hydrogen-bond donors (Lipinski definition) is 2. The first kappa shape index (κ1) is 26.1. The number of methoxy groups -OCH3 is 2. The highest BCUT2D eigenvalue weighted by Gasteiger charge is 2.12. The van der Waals surface area contributed by atoms with Crippen LogP contribution in [0.2, 0.25) is 5.02 Å². The van der Waals surface area contributed by atoms with Crippen LogP contribution in [0.15, 0.2) is 70.2 Å². The molecule has 0 spiro atoms. The molecule has 0 aliphatic heterocycles. The minimum absolute atomic E-state index is 0.328. The first-order chi connectivity index (χ1) is 16.9. The van der Waals surface area contributed by atoms with Gasteiger partial charge in [0.15, 0.2) is 11.5 Å². The predicted molar refractivity (Wildman–Crippen MR) is 138 cm³/mol. The van der Waals surface area contributed by atoms with E-state index in [9.17, 15) is 9.59 Å². The van der Waals surface area contributed by atoms with Crippen molar-refractivity contribution < 1.29 is 23.8 Å². The number of carbonyl (C=O) groups is 2. The van der Waals surface area contributed by atoms with E-state index in [1.807, 2.05) is 12.1 Å². The van der Waals surface area contributed by atoms with Gasteiger partial charge in [0.05, 0.1) is 24.9 Å². The number of carbonyl (C=O) groups excluding carboxylic acids is 2. The highest BCUT2D eigenvalue weighted by atomic mass is 79.9. The first-order valence-electron chi connectivity index (χ1n) is 10.4. The van der Waals surface area contributed by atoms with E-state index in [2.05, 4.69) is 31.8 Å². The fraction of sp³-hybridized carbons (Fsp3) is 0.160.